The Morgan fingerprint density at radius 3 is 2.61 bits per heavy atom. The highest BCUT2D eigenvalue weighted by Crippen LogP contribution is 2.17. The Hall–Kier alpha value is -2.06. The van der Waals surface area contributed by atoms with E-state index in [2.05, 4.69) is 11.4 Å². The van der Waals surface area contributed by atoms with Crippen LogP contribution in [0.3, 0.4) is 0 Å². The number of carbonyl (C=O) groups is 1. The number of benzene rings is 1. The fourth-order valence-corrected chi connectivity index (χ4v) is 2.04. The normalized spacial score (nSPS) is 16.8. The molecule has 5 heteroatoms. The third kappa shape index (κ3) is 2.60. The third-order valence-corrected chi connectivity index (χ3v) is 3.18. The second-order valence-corrected chi connectivity index (χ2v) is 4.51. The van der Waals surface area contributed by atoms with E-state index in [4.69, 9.17) is 10.4 Å². The standard InChI is InChI=1S/C13H15N3O2/c1-9(11-4-2-10(6-14)3-5-11)15-12-7-16(8-12)13(17)18/h2-5,9,12,15H,7-8H2,1H3,(H,17,18). The van der Waals surface area contributed by atoms with Crippen molar-refractivity contribution in [3.8, 4) is 6.07 Å². The van der Waals surface area contributed by atoms with Gasteiger partial charge in [0, 0.05) is 25.2 Å². The van der Waals surface area contributed by atoms with E-state index in [0.29, 0.717) is 18.7 Å². The molecule has 94 valence electrons. The summed E-state index contributed by atoms with van der Waals surface area (Å²) in [5.41, 5.74) is 1.74. The van der Waals surface area contributed by atoms with Gasteiger partial charge in [0.05, 0.1) is 11.6 Å². The minimum atomic E-state index is -0.862. The smallest absolute Gasteiger partial charge is 0.407 e. The minimum absolute atomic E-state index is 0.152. The number of nitrogens with zero attached hydrogens (tertiary/aromatic N) is 2. The Balaban J connectivity index is 1.87. The highest BCUT2D eigenvalue weighted by molar-refractivity contribution is 5.66. The fourth-order valence-electron chi connectivity index (χ4n) is 2.04. The van der Waals surface area contributed by atoms with E-state index in [-0.39, 0.29) is 12.1 Å². The molecule has 0 bridgehead atoms. The third-order valence-electron chi connectivity index (χ3n) is 3.18. The molecule has 1 fully saturated rings. The number of nitriles is 1. The van der Waals surface area contributed by atoms with Gasteiger partial charge >= 0.3 is 6.09 Å². The van der Waals surface area contributed by atoms with Crippen LogP contribution < -0.4 is 5.32 Å². The van der Waals surface area contributed by atoms with E-state index in [1.807, 2.05) is 19.1 Å². The molecule has 1 aliphatic rings. The van der Waals surface area contributed by atoms with Crippen LogP contribution in [0, 0.1) is 11.3 Å². The van der Waals surface area contributed by atoms with Gasteiger partial charge in [-0.3, -0.25) is 0 Å². The van der Waals surface area contributed by atoms with Gasteiger partial charge in [-0.05, 0) is 24.6 Å². The van der Waals surface area contributed by atoms with Crippen molar-refractivity contribution in [1.82, 2.24) is 10.2 Å². The summed E-state index contributed by atoms with van der Waals surface area (Å²) in [6.07, 6.45) is -0.862. The molecule has 18 heavy (non-hydrogen) atoms. The van der Waals surface area contributed by atoms with E-state index in [1.54, 1.807) is 12.1 Å². The predicted molar refractivity (Wildman–Crippen MR) is 66.1 cm³/mol. The van der Waals surface area contributed by atoms with Crippen molar-refractivity contribution < 1.29 is 9.90 Å². The number of hydrogen-bond donors (Lipinski definition) is 2. The lowest BCUT2D eigenvalue weighted by Crippen LogP contribution is -2.59. The lowest BCUT2D eigenvalue weighted by Gasteiger charge is -2.39. The number of carboxylic acid groups (broad SMARTS) is 1. The summed E-state index contributed by atoms with van der Waals surface area (Å²) in [5, 5.41) is 20.8. The summed E-state index contributed by atoms with van der Waals surface area (Å²) in [7, 11) is 0. The van der Waals surface area contributed by atoms with Crippen LogP contribution in [-0.4, -0.2) is 35.2 Å². The van der Waals surface area contributed by atoms with Crippen LogP contribution in [0.1, 0.15) is 24.1 Å². The van der Waals surface area contributed by atoms with Gasteiger partial charge in [-0.15, -0.1) is 0 Å². The molecule has 1 amide bonds. The zero-order valence-corrected chi connectivity index (χ0v) is 10.1. The van der Waals surface area contributed by atoms with Crippen molar-refractivity contribution in [1.29, 1.82) is 5.26 Å². The molecule has 0 radical (unpaired) electrons. The molecule has 2 N–H and O–H groups in total. The highest BCUT2D eigenvalue weighted by Gasteiger charge is 2.31. The Labute approximate surface area is 106 Å². The molecule has 1 heterocycles. The molecule has 2 rings (SSSR count). The van der Waals surface area contributed by atoms with Crippen molar-refractivity contribution in [2.45, 2.75) is 19.0 Å². The first-order valence-electron chi connectivity index (χ1n) is 5.84. The Kier molecular flexibility index (Phi) is 3.49. The monoisotopic (exact) mass is 245 g/mol. The molecular formula is C13H15N3O2. The van der Waals surface area contributed by atoms with Crippen molar-refractivity contribution in [3.63, 3.8) is 0 Å². The number of hydrogen-bond acceptors (Lipinski definition) is 3. The molecule has 5 nitrogen and oxygen atoms in total. The van der Waals surface area contributed by atoms with Crippen molar-refractivity contribution >= 4 is 6.09 Å². The van der Waals surface area contributed by atoms with Gasteiger partial charge in [-0.2, -0.15) is 5.26 Å². The maximum absolute atomic E-state index is 10.6. The van der Waals surface area contributed by atoms with Crippen LogP contribution in [0.5, 0.6) is 0 Å². The molecule has 0 aromatic heterocycles. The van der Waals surface area contributed by atoms with E-state index >= 15 is 0 Å². The van der Waals surface area contributed by atoms with Crippen LogP contribution in [-0.2, 0) is 0 Å². The summed E-state index contributed by atoms with van der Waals surface area (Å²) in [4.78, 5) is 12.0. The first-order valence-corrected chi connectivity index (χ1v) is 5.84. The van der Waals surface area contributed by atoms with Gasteiger partial charge in [-0.1, -0.05) is 12.1 Å². The molecule has 1 aromatic rings. The van der Waals surface area contributed by atoms with E-state index < -0.39 is 6.09 Å². The summed E-state index contributed by atoms with van der Waals surface area (Å²) in [6.45, 7) is 3.11. The number of amides is 1. The maximum Gasteiger partial charge on any atom is 0.407 e. The van der Waals surface area contributed by atoms with Crippen LogP contribution >= 0.6 is 0 Å². The van der Waals surface area contributed by atoms with Crippen molar-refractivity contribution in [2.24, 2.45) is 0 Å². The maximum atomic E-state index is 10.6. The minimum Gasteiger partial charge on any atom is -0.465 e. The Bertz CT molecular complexity index is 472. The fraction of sp³-hybridized carbons (Fsp3) is 0.385. The molecule has 1 saturated heterocycles. The average Bonchev–Trinajstić information content (AvgIpc) is 2.32. The molecular weight excluding hydrogens is 230 g/mol. The lowest BCUT2D eigenvalue weighted by molar-refractivity contribution is 0.0926. The second-order valence-electron chi connectivity index (χ2n) is 4.51. The molecule has 0 saturated carbocycles. The molecule has 0 spiro atoms. The molecule has 1 atom stereocenters. The molecule has 1 unspecified atom stereocenters. The quantitative estimate of drug-likeness (QED) is 0.847. The van der Waals surface area contributed by atoms with Gasteiger partial charge in [0.2, 0.25) is 0 Å². The average molecular weight is 245 g/mol. The predicted octanol–water partition coefficient (Wildman–Crippen LogP) is 1.57. The van der Waals surface area contributed by atoms with Gasteiger partial charge in [0.25, 0.3) is 0 Å². The summed E-state index contributed by atoms with van der Waals surface area (Å²) in [6, 6.07) is 9.87. The van der Waals surface area contributed by atoms with Crippen LogP contribution in [0.4, 0.5) is 4.79 Å². The topological polar surface area (TPSA) is 76.4 Å². The number of nitrogens with one attached hydrogen (secondary N) is 1. The lowest BCUT2D eigenvalue weighted by atomic mass is 10.0. The first-order chi connectivity index (χ1) is 8.60. The van der Waals surface area contributed by atoms with Crippen LogP contribution in [0.2, 0.25) is 0 Å². The molecule has 1 aromatic carbocycles. The van der Waals surface area contributed by atoms with Crippen LogP contribution in [0.15, 0.2) is 24.3 Å². The van der Waals surface area contributed by atoms with E-state index in [0.717, 1.165) is 5.56 Å². The largest absolute Gasteiger partial charge is 0.465 e. The summed E-state index contributed by atoms with van der Waals surface area (Å²) >= 11 is 0. The zero-order chi connectivity index (χ0) is 13.1. The Morgan fingerprint density at radius 2 is 2.11 bits per heavy atom. The van der Waals surface area contributed by atoms with E-state index in [9.17, 15) is 4.79 Å². The van der Waals surface area contributed by atoms with Crippen molar-refractivity contribution in [2.75, 3.05) is 13.1 Å². The first kappa shape index (κ1) is 12.4. The zero-order valence-electron chi connectivity index (χ0n) is 10.1. The molecule has 0 aliphatic carbocycles. The Morgan fingerprint density at radius 1 is 1.50 bits per heavy atom. The number of likely N-dealkylation sites (tertiary alicyclic amines) is 1. The van der Waals surface area contributed by atoms with Crippen molar-refractivity contribution in [3.05, 3.63) is 35.4 Å². The van der Waals surface area contributed by atoms with Gasteiger partial charge in [0.15, 0.2) is 0 Å². The molecule has 1 aliphatic heterocycles. The van der Waals surface area contributed by atoms with E-state index in [1.165, 1.54) is 4.90 Å². The summed E-state index contributed by atoms with van der Waals surface area (Å²) < 4.78 is 0. The summed E-state index contributed by atoms with van der Waals surface area (Å²) in [5.74, 6) is 0. The van der Waals surface area contributed by atoms with Gasteiger partial charge < -0.3 is 15.3 Å². The van der Waals surface area contributed by atoms with Gasteiger partial charge in [0.1, 0.15) is 0 Å². The second kappa shape index (κ2) is 5.07. The SMILES string of the molecule is CC(NC1CN(C(=O)O)C1)c1ccc(C#N)cc1. The van der Waals surface area contributed by atoms with Gasteiger partial charge in [-0.25, -0.2) is 4.79 Å². The number of rotatable bonds is 3. The van der Waals surface area contributed by atoms with Crippen LogP contribution in [0.25, 0.3) is 0 Å². The highest BCUT2D eigenvalue weighted by atomic mass is 16.4.